The third-order valence-electron chi connectivity index (χ3n) is 2.81. The van der Waals surface area contributed by atoms with Crippen LogP contribution in [0.2, 0.25) is 0 Å². The average Bonchev–Trinajstić information content (AvgIpc) is 2.43. The molecule has 7 heteroatoms. The van der Waals surface area contributed by atoms with Crippen molar-refractivity contribution in [3.8, 4) is 0 Å². The molecule has 0 aliphatic rings. The highest BCUT2D eigenvalue weighted by molar-refractivity contribution is 7.99. The second kappa shape index (κ2) is 5.87. The molecule has 2 rings (SSSR count). The molecule has 0 saturated heterocycles. The molecule has 1 aromatic heterocycles. The molecule has 0 spiro atoms. The predicted molar refractivity (Wildman–Crippen MR) is 75.9 cm³/mol. The molecule has 2 aromatic rings. The second-order valence-corrected chi connectivity index (χ2v) is 5.35. The number of fused-ring (bicyclic) bond motifs is 1. The minimum absolute atomic E-state index is 0.0156. The van der Waals surface area contributed by atoms with E-state index in [-0.39, 0.29) is 11.4 Å². The zero-order chi connectivity index (χ0) is 14.7. The molecule has 1 N–H and O–H groups in total. The van der Waals surface area contributed by atoms with Gasteiger partial charge in [-0.05, 0) is 24.3 Å². The van der Waals surface area contributed by atoms with E-state index in [9.17, 15) is 14.9 Å². The van der Waals surface area contributed by atoms with Gasteiger partial charge in [0.15, 0.2) is 0 Å². The molecular formula is C13H12N2O4S. The molecule has 0 aliphatic carbocycles. The first-order chi connectivity index (χ1) is 9.50. The Morgan fingerprint density at radius 3 is 2.90 bits per heavy atom. The summed E-state index contributed by atoms with van der Waals surface area (Å²) in [6, 6.07) is 6.61. The monoisotopic (exact) mass is 292 g/mol. The van der Waals surface area contributed by atoms with Crippen molar-refractivity contribution in [2.75, 3.05) is 5.75 Å². The van der Waals surface area contributed by atoms with Crippen LogP contribution in [0, 0.1) is 16.0 Å². The molecule has 0 fully saturated rings. The van der Waals surface area contributed by atoms with Crippen molar-refractivity contribution >= 4 is 34.3 Å². The Labute approximate surface area is 119 Å². The van der Waals surface area contributed by atoms with Crippen molar-refractivity contribution in [3.05, 3.63) is 40.6 Å². The standard InChI is InChI=1S/C13H12N2O4S/c1-8(13(16)17)7-20-11-5-4-10-9(3-2-6-14-10)12(11)15(18)19/h2-6,8H,7H2,1H3,(H,16,17). The number of nitro groups is 1. The van der Waals surface area contributed by atoms with Crippen LogP contribution in [-0.2, 0) is 4.79 Å². The fourth-order valence-electron chi connectivity index (χ4n) is 1.71. The third-order valence-corrected chi connectivity index (χ3v) is 4.12. The lowest BCUT2D eigenvalue weighted by atomic mass is 10.2. The maximum Gasteiger partial charge on any atom is 0.307 e. The molecule has 1 aromatic carbocycles. The van der Waals surface area contributed by atoms with E-state index in [4.69, 9.17) is 5.11 Å². The summed E-state index contributed by atoms with van der Waals surface area (Å²) in [5.41, 5.74) is 0.535. The third kappa shape index (κ3) is 2.88. The number of thioether (sulfide) groups is 1. The minimum Gasteiger partial charge on any atom is -0.481 e. The van der Waals surface area contributed by atoms with Crippen molar-refractivity contribution in [1.82, 2.24) is 4.98 Å². The molecule has 0 saturated carbocycles. The lowest BCUT2D eigenvalue weighted by molar-refractivity contribution is -0.385. The highest BCUT2D eigenvalue weighted by Gasteiger charge is 2.21. The van der Waals surface area contributed by atoms with Crippen molar-refractivity contribution in [1.29, 1.82) is 0 Å². The topological polar surface area (TPSA) is 93.3 Å². The van der Waals surface area contributed by atoms with Gasteiger partial charge in [-0.25, -0.2) is 0 Å². The summed E-state index contributed by atoms with van der Waals surface area (Å²) < 4.78 is 0. The fourth-order valence-corrected chi connectivity index (χ4v) is 2.77. The van der Waals surface area contributed by atoms with Gasteiger partial charge in [0, 0.05) is 11.9 Å². The molecule has 1 unspecified atom stereocenters. The zero-order valence-electron chi connectivity index (χ0n) is 10.6. The number of rotatable bonds is 5. The number of benzene rings is 1. The lowest BCUT2D eigenvalue weighted by Gasteiger charge is -2.07. The van der Waals surface area contributed by atoms with Gasteiger partial charge in [0.05, 0.1) is 26.6 Å². The van der Waals surface area contributed by atoms with Gasteiger partial charge in [0.25, 0.3) is 5.69 Å². The van der Waals surface area contributed by atoms with E-state index in [1.165, 1.54) is 11.8 Å². The van der Waals surface area contributed by atoms with E-state index in [0.29, 0.717) is 15.8 Å². The van der Waals surface area contributed by atoms with Crippen LogP contribution in [0.25, 0.3) is 10.9 Å². The highest BCUT2D eigenvalue weighted by Crippen LogP contribution is 2.35. The Morgan fingerprint density at radius 1 is 1.50 bits per heavy atom. The van der Waals surface area contributed by atoms with E-state index < -0.39 is 16.8 Å². The SMILES string of the molecule is CC(CSc1ccc2ncccc2c1[N+](=O)[O-])C(=O)O. The van der Waals surface area contributed by atoms with Gasteiger partial charge in [-0.3, -0.25) is 19.9 Å². The summed E-state index contributed by atoms with van der Waals surface area (Å²) in [7, 11) is 0. The van der Waals surface area contributed by atoms with Gasteiger partial charge >= 0.3 is 5.97 Å². The van der Waals surface area contributed by atoms with Gasteiger partial charge in [0.2, 0.25) is 0 Å². The maximum absolute atomic E-state index is 11.3. The molecule has 0 radical (unpaired) electrons. The fraction of sp³-hybridized carbons (Fsp3) is 0.231. The van der Waals surface area contributed by atoms with Crippen molar-refractivity contribution in [2.24, 2.45) is 5.92 Å². The molecule has 104 valence electrons. The molecule has 20 heavy (non-hydrogen) atoms. The average molecular weight is 292 g/mol. The van der Waals surface area contributed by atoms with E-state index in [0.717, 1.165) is 0 Å². The number of hydrogen-bond acceptors (Lipinski definition) is 5. The number of aromatic nitrogens is 1. The molecule has 0 aliphatic heterocycles. The largest absolute Gasteiger partial charge is 0.481 e. The summed E-state index contributed by atoms with van der Waals surface area (Å²) in [5.74, 6) is -1.20. The summed E-state index contributed by atoms with van der Waals surface area (Å²) in [6.07, 6.45) is 1.57. The van der Waals surface area contributed by atoms with Gasteiger partial charge in [-0.1, -0.05) is 6.92 Å². The molecule has 1 atom stereocenters. The quantitative estimate of drug-likeness (QED) is 0.517. The van der Waals surface area contributed by atoms with Crippen molar-refractivity contribution in [3.63, 3.8) is 0 Å². The minimum atomic E-state index is -0.914. The number of pyridine rings is 1. The van der Waals surface area contributed by atoms with Gasteiger partial charge in [-0.15, -0.1) is 11.8 Å². The number of nitrogens with zero attached hydrogens (tertiary/aromatic N) is 2. The first kappa shape index (κ1) is 14.3. The number of carbonyl (C=O) groups is 1. The smallest absolute Gasteiger partial charge is 0.307 e. The van der Waals surface area contributed by atoms with Gasteiger partial charge < -0.3 is 5.11 Å². The predicted octanol–water partition coefficient (Wildman–Crippen LogP) is 2.96. The summed E-state index contributed by atoms with van der Waals surface area (Å²) >= 11 is 1.18. The Kier molecular flexibility index (Phi) is 4.19. The van der Waals surface area contributed by atoms with E-state index in [2.05, 4.69) is 4.98 Å². The van der Waals surface area contributed by atoms with Crippen LogP contribution in [0.1, 0.15) is 6.92 Å². The van der Waals surface area contributed by atoms with Crippen LogP contribution >= 0.6 is 11.8 Å². The van der Waals surface area contributed by atoms with Crippen LogP contribution in [0.4, 0.5) is 5.69 Å². The molecule has 1 heterocycles. The summed E-state index contributed by atoms with van der Waals surface area (Å²) in [4.78, 5) is 26.2. The Bertz CT molecular complexity index is 674. The van der Waals surface area contributed by atoms with Crippen molar-refractivity contribution in [2.45, 2.75) is 11.8 Å². The maximum atomic E-state index is 11.3. The lowest BCUT2D eigenvalue weighted by Crippen LogP contribution is -2.11. The van der Waals surface area contributed by atoms with E-state index in [1.54, 1.807) is 37.4 Å². The van der Waals surface area contributed by atoms with Crippen LogP contribution in [0.15, 0.2) is 35.4 Å². The number of hydrogen-bond donors (Lipinski definition) is 1. The molecule has 0 bridgehead atoms. The van der Waals surface area contributed by atoms with E-state index >= 15 is 0 Å². The first-order valence-electron chi connectivity index (χ1n) is 5.88. The molecule has 0 amide bonds. The van der Waals surface area contributed by atoms with Gasteiger partial charge in [-0.2, -0.15) is 0 Å². The number of carboxylic acid groups (broad SMARTS) is 1. The zero-order valence-corrected chi connectivity index (χ0v) is 11.5. The van der Waals surface area contributed by atoms with Crippen LogP contribution in [0.5, 0.6) is 0 Å². The highest BCUT2D eigenvalue weighted by atomic mass is 32.2. The summed E-state index contributed by atoms with van der Waals surface area (Å²) in [5, 5.41) is 20.6. The van der Waals surface area contributed by atoms with Gasteiger partial charge in [0.1, 0.15) is 0 Å². The normalized spacial score (nSPS) is 12.2. The van der Waals surface area contributed by atoms with Crippen LogP contribution in [-0.4, -0.2) is 26.7 Å². The Balaban J connectivity index is 2.40. The first-order valence-corrected chi connectivity index (χ1v) is 6.87. The molecule has 6 nitrogen and oxygen atoms in total. The molecular weight excluding hydrogens is 280 g/mol. The number of nitro benzene ring substituents is 1. The second-order valence-electron chi connectivity index (χ2n) is 4.29. The van der Waals surface area contributed by atoms with E-state index in [1.807, 2.05) is 0 Å². The van der Waals surface area contributed by atoms with Crippen molar-refractivity contribution < 1.29 is 14.8 Å². The Hall–Kier alpha value is -2.15. The summed E-state index contributed by atoms with van der Waals surface area (Å²) in [6.45, 7) is 1.57. The number of carboxylic acids is 1. The Morgan fingerprint density at radius 2 is 2.25 bits per heavy atom. The number of aliphatic carboxylic acids is 1. The van der Waals surface area contributed by atoms with Crippen LogP contribution in [0.3, 0.4) is 0 Å². The van der Waals surface area contributed by atoms with Crippen LogP contribution < -0.4 is 0 Å².